The summed E-state index contributed by atoms with van der Waals surface area (Å²) in [5, 5.41) is 9.45. The minimum Gasteiger partial charge on any atom is -0.444 e. The highest BCUT2D eigenvalue weighted by Crippen LogP contribution is 2.37. The number of ether oxygens (including phenoxy) is 1. The highest BCUT2D eigenvalue weighted by atomic mass is 28.4. The summed E-state index contributed by atoms with van der Waals surface area (Å²) in [6.07, 6.45) is 1.05. The van der Waals surface area contributed by atoms with Crippen molar-refractivity contribution in [2.24, 2.45) is 0 Å². The molecule has 23 heavy (non-hydrogen) atoms. The number of carbonyl (C=O) groups excluding carboxylic acids is 1. The van der Waals surface area contributed by atoms with Gasteiger partial charge in [0.25, 0.3) is 0 Å². The fourth-order valence-corrected chi connectivity index (χ4v) is 3.33. The van der Waals surface area contributed by atoms with Gasteiger partial charge in [0.15, 0.2) is 8.32 Å². The topological polar surface area (TPSA) is 62.6 Å². The number of likely N-dealkylation sites (tertiary alicyclic amines) is 1. The third-order valence-corrected chi connectivity index (χ3v) is 9.20. The molecule has 0 saturated carbocycles. The van der Waals surface area contributed by atoms with Gasteiger partial charge in [0, 0.05) is 0 Å². The monoisotopic (exact) mass is 340 g/mol. The quantitative estimate of drug-likeness (QED) is 0.719. The molecule has 0 aromatic carbocycles. The largest absolute Gasteiger partial charge is 0.444 e. The zero-order chi connectivity index (χ0) is 18.1. The Morgan fingerprint density at radius 2 is 1.78 bits per heavy atom. The molecule has 1 fully saturated rings. The molecule has 1 amide bonds. The van der Waals surface area contributed by atoms with E-state index >= 15 is 0 Å². The standard InChI is InChI=1S/C17H32N2O3Si/c1-16(2,3)22-15(20)19-13(11-18)9-10-14(19)12-21-23(7,8)17(4,5)6/h13-14H,9-10,12H2,1-8H3/t13?,14-/m1/s1. The van der Waals surface area contributed by atoms with Crippen LogP contribution in [0.3, 0.4) is 0 Å². The van der Waals surface area contributed by atoms with E-state index in [0.717, 1.165) is 6.42 Å². The van der Waals surface area contributed by atoms with Gasteiger partial charge in [-0.05, 0) is 51.7 Å². The van der Waals surface area contributed by atoms with Crippen LogP contribution in [0.15, 0.2) is 0 Å². The van der Waals surface area contributed by atoms with Gasteiger partial charge in [0.1, 0.15) is 11.6 Å². The number of hydrogen-bond acceptors (Lipinski definition) is 4. The Bertz CT molecular complexity index is 472. The molecule has 0 radical (unpaired) electrons. The molecule has 2 atom stereocenters. The van der Waals surface area contributed by atoms with E-state index in [1.165, 1.54) is 0 Å². The molecule has 5 nitrogen and oxygen atoms in total. The second kappa shape index (κ2) is 6.82. The first-order valence-electron chi connectivity index (χ1n) is 8.33. The maximum atomic E-state index is 12.5. The fraction of sp³-hybridized carbons (Fsp3) is 0.882. The molecule has 0 aliphatic carbocycles. The van der Waals surface area contributed by atoms with Crippen molar-refractivity contribution in [2.45, 2.75) is 90.2 Å². The van der Waals surface area contributed by atoms with Crippen LogP contribution in [0.1, 0.15) is 54.4 Å². The zero-order valence-corrected chi connectivity index (χ0v) is 16.9. The van der Waals surface area contributed by atoms with Crippen LogP contribution in [-0.4, -0.2) is 43.6 Å². The second-order valence-corrected chi connectivity index (χ2v) is 13.6. The maximum absolute atomic E-state index is 12.5. The van der Waals surface area contributed by atoms with E-state index < -0.39 is 26.1 Å². The Morgan fingerprint density at radius 1 is 1.22 bits per heavy atom. The van der Waals surface area contributed by atoms with E-state index in [9.17, 15) is 10.1 Å². The lowest BCUT2D eigenvalue weighted by molar-refractivity contribution is 0.0137. The normalized spacial score (nSPS) is 22.8. The van der Waals surface area contributed by atoms with Crippen molar-refractivity contribution in [1.82, 2.24) is 4.90 Å². The first-order valence-corrected chi connectivity index (χ1v) is 11.2. The second-order valence-electron chi connectivity index (χ2n) is 8.83. The third-order valence-electron chi connectivity index (χ3n) is 4.70. The van der Waals surface area contributed by atoms with E-state index in [4.69, 9.17) is 9.16 Å². The Hall–Kier alpha value is -1.06. The number of rotatable bonds is 3. The Morgan fingerprint density at radius 3 is 2.22 bits per heavy atom. The zero-order valence-electron chi connectivity index (χ0n) is 15.9. The van der Waals surface area contributed by atoms with Gasteiger partial charge >= 0.3 is 6.09 Å². The summed E-state index contributed by atoms with van der Waals surface area (Å²) in [4.78, 5) is 14.1. The van der Waals surface area contributed by atoms with Gasteiger partial charge in [-0.2, -0.15) is 5.26 Å². The molecule has 0 bridgehead atoms. The summed E-state index contributed by atoms with van der Waals surface area (Å²) in [6.45, 7) is 17.0. The fourth-order valence-electron chi connectivity index (χ4n) is 2.29. The smallest absolute Gasteiger partial charge is 0.411 e. The number of amides is 1. The van der Waals surface area contributed by atoms with Crippen LogP contribution in [0.25, 0.3) is 0 Å². The molecule has 0 N–H and O–H groups in total. The van der Waals surface area contributed by atoms with Gasteiger partial charge in [-0.1, -0.05) is 20.8 Å². The van der Waals surface area contributed by atoms with Gasteiger partial charge in [0.05, 0.1) is 18.7 Å². The lowest BCUT2D eigenvalue weighted by atomic mass is 10.2. The van der Waals surface area contributed by atoms with Crippen LogP contribution in [0, 0.1) is 11.3 Å². The molecule has 1 aliphatic heterocycles. The molecule has 1 rings (SSSR count). The summed E-state index contributed by atoms with van der Waals surface area (Å²) in [7, 11) is -1.88. The molecule has 132 valence electrons. The molecular weight excluding hydrogens is 308 g/mol. The predicted molar refractivity (Wildman–Crippen MR) is 93.6 cm³/mol. The van der Waals surface area contributed by atoms with Crippen LogP contribution >= 0.6 is 0 Å². The summed E-state index contributed by atoms with van der Waals surface area (Å²) in [5.74, 6) is 0. The number of carbonyl (C=O) groups is 1. The van der Waals surface area contributed by atoms with Crippen molar-refractivity contribution < 1.29 is 14.0 Å². The SMILES string of the molecule is CC(C)(C)OC(=O)N1C(C#N)CC[C@@H]1CO[Si](C)(C)C(C)(C)C. The van der Waals surface area contributed by atoms with Crippen molar-refractivity contribution >= 4 is 14.4 Å². The minimum atomic E-state index is -1.88. The molecule has 0 spiro atoms. The summed E-state index contributed by atoms with van der Waals surface area (Å²) in [6, 6.07) is 1.72. The molecular formula is C17H32N2O3Si. The number of hydrogen-bond donors (Lipinski definition) is 0. The minimum absolute atomic E-state index is 0.0800. The van der Waals surface area contributed by atoms with Crippen LogP contribution in [0.2, 0.25) is 18.1 Å². The van der Waals surface area contributed by atoms with Crippen molar-refractivity contribution in [2.75, 3.05) is 6.61 Å². The summed E-state index contributed by atoms with van der Waals surface area (Å²) >= 11 is 0. The van der Waals surface area contributed by atoms with Gasteiger partial charge in [-0.15, -0.1) is 0 Å². The van der Waals surface area contributed by atoms with E-state index in [2.05, 4.69) is 39.9 Å². The van der Waals surface area contributed by atoms with Crippen LogP contribution < -0.4 is 0 Å². The Labute approximate surface area is 142 Å². The van der Waals surface area contributed by atoms with Crippen molar-refractivity contribution in [3.8, 4) is 6.07 Å². The average Bonchev–Trinajstić information content (AvgIpc) is 2.75. The first-order chi connectivity index (χ1) is 10.3. The van der Waals surface area contributed by atoms with Crippen LogP contribution in [0.4, 0.5) is 4.79 Å². The Kier molecular flexibility index (Phi) is 5.92. The van der Waals surface area contributed by atoms with Gasteiger partial charge in [0.2, 0.25) is 0 Å². The van der Waals surface area contributed by atoms with Gasteiger partial charge in [-0.3, -0.25) is 4.90 Å². The average molecular weight is 341 g/mol. The molecule has 1 aliphatic rings. The van der Waals surface area contributed by atoms with Gasteiger partial charge < -0.3 is 9.16 Å². The predicted octanol–water partition coefficient (Wildman–Crippen LogP) is 4.30. The summed E-state index contributed by atoms with van der Waals surface area (Å²) in [5.41, 5.74) is -0.565. The molecule has 1 saturated heterocycles. The molecule has 6 heteroatoms. The van der Waals surface area contributed by atoms with Crippen LogP contribution in [0.5, 0.6) is 0 Å². The Balaban J connectivity index is 2.81. The van der Waals surface area contributed by atoms with Crippen molar-refractivity contribution in [3.05, 3.63) is 0 Å². The maximum Gasteiger partial charge on any atom is 0.411 e. The molecule has 1 heterocycles. The van der Waals surface area contributed by atoms with Gasteiger partial charge in [-0.25, -0.2) is 4.79 Å². The molecule has 1 unspecified atom stereocenters. The van der Waals surface area contributed by atoms with Crippen LogP contribution in [-0.2, 0) is 9.16 Å². The van der Waals surface area contributed by atoms with E-state index in [1.54, 1.807) is 4.90 Å². The van der Waals surface area contributed by atoms with Crippen molar-refractivity contribution in [1.29, 1.82) is 5.26 Å². The lowest BCUT2D eigenvalue weighted by Gasteiger charge is -2.38. The van der Waals surface area contributed by atoms with E-state index in [-0.39, 0.29) is 11.1 Å². The summed E-state index contributed by atoms with van der Waals surface area (Å²) < 4.78 is 11.7. The highest BCUT2D eigenvalue weighted by molar-refractivity contribution is 6.74. The third kappa shape index (κ3) is 5.22. The first kappa shape index (κ1) is 20.0. The number of nitrogens with zero attached hydrogens (tertiary/aromatic N) is 2. The highest BCUT2D eigenvalue weighted by Gasteiger charge is 2.42. The van der Waals surface area contributed by atoms with Crippen molar-refractivity contribution in [3.63, 3.8) is 0 Å². The lowest BCUT2D eigenvalue weighted by Crippen LogP contribution is -2.48. The number of nitriles is 1. The van der Waals surface area contributed by atoms with E-state index in [1.807, 2.05) is 20.8 Å². The van der Waals surface area contributed by atoms with E-state index in [0.29, 0.717) is 13.0 Å². The molecule has 0 aromatic heterocycles. The molecule has 0 aromatic rings.